The average molecular weight is 328 g/mol. The zero-order valence-corrected chi connectivity index (χ0v) is 12.5. The molecule has 1 unspecified atom stereocenters. The van der Waals surface area contributed by atoms with E-state index < -0.39 is 42.6 Å². The summed E-state index contributed by atoms with van der Waals surface area (Å²) in [7, 11) is 1.51. The number of benzene rings is 1. The van der Waals surface area contributed by atoms with Crippen LogP contribution in [0.1, 0.15) is 12.0 Å². The largest absolute Gasteiger partial charge is 0.475 e. The Bertz CT molecular complexity index is 552. The number of likely N-dealkylation sites (N-methyl/N-ethyl adjacent to an activating group) is 1. The van der Waals surface area contributed by atoms with Gasteiger partial charge < -0.3 is 15.7 Å². The number of hydrogen-bond donors (Lipinski definition) is 3. The smallest absolute Gasteiger partial charge is 0.374 e. The predicted octanol–water partition coefficient (Wildman–Crippen LogP) is 0.611. The molecule has 0 spiro atoms. The number of hydrogen-bond acceptors (Lipinski definition) is 4. The maximum Gasteiger partial charge on any atom is 0.374 e. The molecule has 0 bridgehead atoms. The van der Waals surface area contributed by atoms with E-state index in [1.54, 1.807) is 24.3 Å². The number of carboxylic acid groups (broad SMARTS) is 1. The van der Waals surface area contributed by atoms with Crippen LogP contribution in [0.3, 0.4) is 0 Å². The van der Waals surface area contributed by atoms with E-state index >= 15 is 0 Å². The maximum atomic E-state index is 12.5. The van der Waals surface area contributed by atoms with Crippen LogP contribution in [0.4, 0.5) is 8.78 Å². The molecule has 0 aliphatic heterocycles. The number of Topliss-reactive ketones (excluding diaryl/α,β-unsaturated/α-hetero) is 1. The summed E-state index contributed by atoms with van der Waals surface area (Å²) >= 11 is 0. The van der Waals surface area contributed by atoms with Crippen LogP contribution >= 0.6 is 0 Å². The van der Waals surface area contributed by atoms with Crippen molar-refractivity contribution < 1.29 is 28.3 Å². The molecule has 0 aliphatic carbocycles. The third-order valence-electron chi connectivity index (χ3n) is 3.21. The van der Waals surface area contributed by atoms with E-state index in [4.69, 9.17) is 5.11 Å². The van der Waals surface area contributed by atoms with Crippen molar-refractivity contribution in [3.63, 3.8) is 0 Å². The normalized spacial score (nSPS) is 13.4. The van der Waals surface area contributed by atoms with Gasteiger partial charge in [0.15, 0.2) is 0 Å². The molecule has 0 aliphatic rings. The van der Waals surface area contributed by atoms with Crippen LogP contribution in [0.25, 0.3) is 0 Å². The van der Waals surface area contributed by atoms with Gasteiger partial charge in [-0.25, -0.2) is 13.6 Å². The molecule has 1 rings (SSSR count). The summed E-state index contributed by atoms with van der Waals surface area (Å²) in [5, 5.41) is 13.5. The number of alkyl halides is 2. The van der Waals surface area contributed by atoms with Gasteiger partial charge in [-0.3, -0.25) is 9.59 Å². The lowest BCUT2D eigenvalue weighted by molar-refractivity contribution is -0.151. The molecule has 6 nitrogen and oxygen atoms in total. The molecule has 1 amide bonds. The number of carbonyl (C=O) groups excluding carboxylic acids is 2. The predicted molar refractivity (Wildman–Crippen MR) is 78.2 cm³/mol. The Morgan fingerprint density at radius 2 is 1.74 bits per heavy atom. The number of carboxylic acids is 1. The molecule has 0 heterocycles. The van der Waals surface area contributed by atoms with Gasteiger partial charge in [-0.1, -0.05) is 30.3 Å². The molecule has 126 valence electrons. The summed E-state index contributed by atoms with van der Waals surface area (Å²) in [6.07, 6.45) is -3.68. The number of nitrogens with one attached hydrogen (secondary N) is 2. The topological polar surface area (TPSA) is 95.5 Å². The van der Waals surface area contributed by atoms with E-state index in [0.717, 1.165) is 5.56 Å². The summed E-state index contributed by atoms with van der Waals surface area (Å²) in [5.74, 6) is -4.04. The van der Waals surface area contributed by atoms with Crippen LogP contribution in [0.5, 0.6) is 0 Å². The van der Waals surface area contributed by atoms with E-state index in [-0.39, 0.29) is 6.42 Å². The minimum Gasteiger partial charge on any atom is -0.475 e. The van der Waals surface area contributed by atoms with Crippen LogP contribution < -0.4 is 10.6 Å². The molecule has 0 saturated carbocycles. The van der Waals surface area contributed by atoms with Crippen molar-refractivity contribution in [2.45, 2.75) is 31.4 Å². The summed E-state index contributed by atoms with van der Waals surface area (Å²) in [5.41, 5.74) is 0.831. The van der Waals surface area contributed by atoms with Crippen LogP contribution in [0, 0.1) is 0 Å². The Balaban J connectivity index is 2.78. The van der Waals surface area contributed by atoms with Crippen molar-refractivity contribution in [1.29, 1.82) is 0 Å². The van der Waals surface area contributed by atoms with Gasteiger partial charge in [-0.05, 0) is 19.0 Å². The number of ketones is 1. The lowest BCUT2D eigenvalue weighted by Gasteiger charge is -2.20. The summed E-state index contributed by atoms with van der Waals surface area (Å²) in [6.45, 7) is 0. The van der Waals surface area contributed by atoms with Crippen molar-refractivity contribution in [1.82, 2.24) is 10.6 Å². The highest BCUT2D eigenvalue weighted by molar-refractivity contribution is 6.35. The number of halogens is 2. The van der Waals surface area contributed by atoms with Gasteiger partial charge >= 0.3 is 5.97 Å². The van der Waals surface area contributed by atoms with Crippen LogP contribution in [0.15, 0.2) is 30.3 Å². The Morgan fingerprint density at radius 3 is 2.22 bits per heavy atom. The van der Waals surface area contributed by atoms with Gasteiger partial charge in [0.2, 0.25) is 12.3 Å². The highest BCUT2D eigenvalue weighted by atomic mass is 19.3. The fourth-order valence-electron chi connectivity index (χ4n) is 2.01. The van der Waals surface area contributed by atoms with E-state index in [9.17, 15) is 23.2 Å². The number of aliphatic carboxylic acids is 1. The van der Waals surface area contributed by atoms with Crippen LogP contribution in [0.2, 0.25) is 0 Å². The fraction of sp³-hybridized carbons (Fsp3) is 0.400. The van der Waals surface area contributed by atoms with E-state index in [1.165, 1.54) is 7.05 Å². The molecule has 0 fully saturated rings. The number of rotatable bonds is 9. The van der Waals surface area contributed by atoms with Gasteiger partial charge in [-0.15, -0.1) is 0 Å². The second kappa shape index (κ2) is 8.94. The second-order valence-electron chi connectivity index (χ2n) is 4.89. The molecular formula is C15H18F2N2O4. The lowest BCUT2D eigenvalue weighted by atomic mass is 10.0. The minimum atomic E-state index is -2.91. The van der Waals surface area contributed by atoms with Crippen molar-refractivity contribution >= 4 is 17.7 Å². The zero-order valence-electron chi connectivity index (χ0n) is 12.5. The van der Waals surface area contributed by atoms with E-state index in [2.05, 4.69) is 10.6 Å². The molecule has 2 atom stereocenters. The third kappa shape index (κ3) is 6.11. The van der Waals surface area contributed by atoms with Crippen molar-refractivity contribution in [2.24, 2.45) is 0 Å². The van der Waals surface area contributed by atoms with Crippen molar-refractivity contribution in [3.8, 4) is 0 Å². The Morgan fingerprint density at radius 1 is 1.13 bits per heavy atom. The first-order valence-corrected chi connectivity index (χ1v) is 6.92. The van der Waals surface area contributed by atoms with Gasteiger partial charge in [0.1, 0.15) is 6.04 Å². The molecule has 0 radical (unpaired) electrons. The molecule has 0 saturated heterocycles. The summed E-state index contributed by atoms with van der Waals surface area (Å²) in [6, 6.07) is 6.42. The molecule has 1 aromatic carbocycles. The van der Waals surface area contributed by atoms with Crippen molar-refractivity contribution in [3.05, 3.63) is 35.9 Å². The molecule has 1 aromatic rings. The fourth-order valence-corrected chi connectivity index (χ4v) is 2.01. The highest BCUT2D eigenvalue weighted by Crippen LogP contribution is 2.08. The average Bonchev–Trinajstić information content (AvgIpc) is 2.51. The Labute approximate surface area is 131 Å². The van der Waals surface area contributed by atoms with Crippen LogP contribution in [-0.2, 0) is 20.8 Å². The highest BCUT2D eigenvalue weighted by Gasteiger charge is 2.31. The van der Waals surface area contributed by atoms with Gasteiger partial charge in [0.25, 0.3) is 5.78 Å². The first-order chi connectivity index (χ1) is 10.8. The Hall–Kier alpha value is -2.35. The lowest BCUT2D eigenvalue weighted by Crippen LogP contribution is -2.52. The molecule has 23 heavy (non-hydrogen) atoms. The Kier molecular flexibility index (Phi) is 7.27. The maximum absolute atomic E-state index is 12.5. The molecule has 8 heteroatoms. The van der Waals surface area contributed by atoms with Gasteiger partial charge in [0, 0.05) is 6.42 Å². The quantitative estimate of drug-likeness (QED) is 0.577. The molecular weight excluding hydrogens is 310 g/mol. The first-order valence-electron chi connectivity index (χ1n) is 6.92. The summed E-state index contributed by atoms with van der Waals surface area (Å²) in [4.78, 5) is 34.2. The minimum absolute atomic E-state index is 0.270. The second-order valence-corrected chi connectivity index (χ2v) is 4.89. The molecule has 0 aromatic heterocycles. The van der Waals surface area contributed by atoms with E-state index in [1.807, 2.05) is 6.07 Å². The van der Waals surface area contributed by atoms with Gasteiger partial charge in [-0.2, -0.15) is 0 Å². The molecule has 3 N–H and O–H groups in total. The standard InChI is InChI=1S/C15H18F2N2O4/c1-18-11(7-9-5-3-2-4-6-9)14(21)19-10(8-12(16)17)13(20)15(22)23/h2-6,10-12,18H,7-8H2,1H3,(H,19,21)(H,22,23)/t10?,11-/m0/s1. The van der Waals surface area contributed by atoms with Gasteiger partial charge in [0.05, 0.1) is 6.04 Å². The van der Waals surface area contributed by atoms with Crippen LogP contribution in [-0.4, -0.2) is 48.3 Å². The monoisotopic (exact) mass is 328 g/mol. The van der Waals surface area contributed by atoms with E-state index in [0.29, 0.717) is 0 Å². The third-order valence-corrected chi connectivity index (χ3v) is 3.21. The SMILES string of the molecule is CN[C@@H](Cc1ccccc1)C(=O)NC(CC(F)F)C(=O)C(=O)O. The number of amides is 1. The number of carbonyl (C=O) groups is 3. The summed E-state index contributed by atoms with van der Waals surface area (Å²) < 4.78 is 25.0. The zero-order chi connectivity index (χ0) is 17.4. The first kappa shape index (κ1) is 18.7. The van der Waals surface area contributed by atoms with Crippen molar-refractivity contribution in [2.75, 3.05) is 7.05 Å².